The van der Waals surface area contributed by atoms with E-state index < -0.39 is 0 Å². The molecule has 0 aromatic carbocycles. The third kappa shape index (κ3) is 1.50. The molecule has 0 saturated heterocycles. The summed E-state index contributed by atoms with van der Waals surface area (Å²) in [4.78, 5) is 2.30. The van der Waals surface area contributed by atoms with Crippen molar-refractivity contribution in [3.05, 3.63) is 22.6 Å². The summed E-state index contributed by atoms with van der Waals surface area (Å²) in [7, 11) is 2.14. The number of hydrogen-bond donors (Lipinski definition) is 1. The monoisotopic (exact) mass is 220 g/mol. The van der Waals surface area contributed by atoms with Gasteiger partial charge in [-0.3, -0.25) is 4.90 Å². The van der Waals surface area contributed by atoms with E-state index in [0.717, 1.165) is 26.1 Å². The van der Waals surface area contributed by atoms with Crippen molar-refractivity contribution in [2.24, 2.45) is 5.73 Å². The van der Waals surface area contributed by atoms with E-state index >= 15 is 0 Å². The largest absolute Gasteiger partial charge is 0.464 e. The normalized spacial score (nSPS) is 21.1. The third-order valence-electron chi connectivity index (χ3n) is 3.94. The van der Waals surface area contributed by atoms with Crippen LogP contribution in [0.4, 0.5) is 0 Å². The topological polar surface area (TPSA) is 42.4 Å². The summed E-state index contributed by atoms with van der Waals surface area (Å²) in [6.07, 6.45) is 4.95. The maximum atomic E-state index is 6.09. The van der Waals surface area contributed by atoms with E-state index in [1.807, 2.05) is 0 Å². The Morgan fingerprint density at radius 3 is 2.81 bits per heavy atom. The van der Waals surface area contributed by atoms with Crippen LogP contribution in [0.3, 0.4) is 0 Å². The van der Waals surface area contributed by atoms with Gasteiger partial charge in [0.05, 0.1) is 6.54 Å². The third-order valence-corrected chi connectivity index (χ3v) is 3.94. The van der Waals surface area contributed by atoms with Crippen LogP contribution in [0.25, 0.3) is 0 Å². The minimum atomic E-state index is 0.692. The van der Waals surface area contributed by atoms with Gasteiger partial charge in [0, 0.05) is 18.0 Å². The smallest absolute Gasteiger partial charge is 0.122 e. The minimum absolute atomic E-state index is 0.692. The number of nitrogens with zero attached hydrogens (tertiary/aromatic N) is 1. The summed E-state index contributed by atoms with van der Waals surface area (Å²) in [6, 6.07) is 0. The van der Waals surface area contributed by atoms with Gasteiger partial charge >= 0.3 is 0 Å². The van der Waals surface area contributed by atoms with Crippen molar-refractivity contribution >= 4 is 0 Å². The van der Waals surface area contributed by atoms with Crippen LogP contribution in [0.1, 0.15) is 47.8 Å². The Morgan fingerprint density at radius 1 is 1.38 bits per heavy atom. The lowest BCUT2D eigenvalue weighted by atomic mass is 9.81. The van der Waals surface area contributed by atoms with Gasteiger partial charge in [0.15, 0.2) is 0 Å². The molecular weight excluding hydrogens is 200 g/mol. The van der Waals surface area contributed by atoms with Crippen molar-refractivity contribution in [1.29, 1.82) is 0 Å². The lowest BCUT2D eigenvalue weighted by Gasteiger charge is -2.25. The van der Waals surface area contributed by atoms with Gasteiger partial charge in [0.25, 0.3) is 0 Å². The Kier molecular flexibility index (Phi) is 2.52. The first-order valence-electron chi connectivity index (χ1n) is 6.31. The molecule has 0 amide bonds. The molecule has 2 N–H and O–H groups in total. The molecule has 0 spiro atoms. The second kappa shape index (κ2) is 3.90. The average Bonchev–Trinajstić information content (AvgIpc) is 2.63. The molecule has 3 heteroatoms. The molecule has 16 heavy (non-hydrogen) atoms. The van der Waals surface area contributed by atoms with E-state index in [2.05, 4.69) is 11.9 Å². The molecule has 1 aromatic rings. The van der Waals surface area contributed by atoms with Crippen molar-refractivity contribution in [2.75, 3.05) is 13.6 Å². The van der Waals surface area contributed by atoms with Crippen LogP contribution in [-0.2, 0) is 19.5 Å². The Hall–Kier alpha value is -0.800. The molecule has 1 fully saturated rings. The quantitative estimate of drug-likeness (QED) is 0.847. The molecule has 1 aliphatic carbocycles. The highest BCUT2D eigenvalue weighted by molar-refractivity contribution is 5.38. The molecule has 3 rings (SSSR count). The zero-order valence-electron chi connectivity index (χ0n) is 9.96. The SMILES string of the molecule is CN1Cc2oc(C3CCC3)c(CCN)c2C1. The summed E-state index contributed by atoms with van der Waals surface area (Å²) >= 11 is 0. The molecule has 3 nitrogen and oxygen atoms in total. The fourth-order valence-electron chi connectivity index (χ4n) is 2.87. The highest BCUT2D eigenvalue weighted by Gasteiger charge is 2.32. The molecule has 0 atom stereocenters. The predicted molar refractivity (Wildman–Crippen MR) is 63.2 cm³/mol. The van der Waals surface area contributed by atoms with E-state index in [1.54, 1.807) is 0 Å². The fraction of sp³-hybridized carbons (Fsp3) is 0.692. The zero-order chi connectivity index (χ0) is 11.1. The summed E-state index contributed by atoms with van der Waals surface area (Å²) < 4.78 is 6.09. The van der Waals surface area contributed by atoms with Crippen molar-refractivity contribution in [3.63, 3.8) is 0 Å². The molecule has 1 aliphatic heterocycles. The Bertz CT molecular complexity index is 393. The second-order valence-corrected chi connectivity index (χ2v) is 5.19. The Labute approximate surface area is 96.6 Å². The molecule has 0 unspecified atom stereocenters. The number of rotatable bonds is 3. The Balaban J connectivity index is 1.96. The van der Waals surface area contributed by atoms with E-state index in [0.29, 0.717) is 5.92 Å². The maximum Gasteiger partial charge on any atom is 0.122 e. The zero-order valence-corrected chi connectivity index (χ0v) is 9.96. The summed E-state index contributed by atoms with van der Waals surface area (Å²) in [5.74, 6) is 3.17. The van der Waals surface area contributed by atoms with Gasteiger partial charge in [-0.25, -0.2) is 0 Å². The van der Waals surface area contributed by atoms with Crippen LogP contribution in [0.15, 0.2) is 4.42 Å². The van der Waals surface area contributed by atoms with Gasteiger partial charge in [-0.1, -0.05) is 6.42 Å². The van der Waals surface area contributed by atoms with Gasteiger partial charge in [-0.15, -0.1) is 0 Å². The van der Waals surface area contributed by atoms with E-state index in [9.17, 15) is 0 Å². The molecule has 2 heterocycles. The van der Waals surface area contributed by atoms with Crippen LogP contribution in [-0.4, -0.2) is 18.5 Å². The van der Waals surface area contributed by atoms with Gasteiger partial charge in [0.2, 0.25) is 0 Å². The van der Waals surface area contributed by atoms with E-state index in [4.69, 9.17) is 10.2 Å². The molecule has 0 radical (unpaired) electrons. The summed E-state index contributed by atoms with van der Waals surface area (Å²) in [5, 5.41) is 0. The van der Waals surface area contributed by atoms with Crippen LogP contribution >= 0.6 is 0 Å². The fourth-order valence-corrected chi connectivity index (χ4v) is 2.87. The number of nitrogens with two attached hydrogens (primary N) is 1. The van der Waals surface area contributed by atoms with Crippen LogP contribution < -0.4 is 5.73 Å². The summed E-state index contributed by atoms with van der Waals surface area (Å²) in [5.41, 5.74) is 8.60. The molecule has 1 aromatic heterocycles. The highest BCUT2D eigenvalue weighted by atomic mass is 16.3. The first-order valence-corrected chi connectivity index (χ1v) is 6.31. The van der Waals surface area contributed by atoms with E-state index in [-0.39, 0.29) is 0 Å². The van der Waals surface area contributed by atoms with Gasteiger partial charge in [-0.05, 0) is 38.4 Å². The van der Waals surface area contributed by atoms with Gasteiger partial charge < -0.3 is 10.2 Å². The van der Waals surface area contributed by atoms with Crippen LogP contribution in [0, 0.1) is 0 Å². The number of furan rings is 1. The first kappa shape index (κ1) is 10.4. The maximum absolute atomic E-state index is 6.09. The molecular formula is C13H20N2O. The van der Waals surface area contributed by atoms with Crippen molar-refractivity contribution in [3.8, 4) is 0 Å². The predicted octanol–water partition coefficient (Wildman–Crippen LogP) is 1.99. The van der Waals surface area contributed by atoms with Crippen molar-refractivity contribution < 1.29 is 4.42 Å². The molecule has 0 bridgehead atoms. The average molecular weight is 220 g/mol. The van der Waals surface area contributed by atoms with Crippen LogP contribution in [0.2, 0.25) is 0 Å². The Morgan fingerprint density at radius 2 is 2.19 bits per heavy atom. The minimum Gasteiger partial charge on any atom is -0.464 e. The number of fused-ring (bicyclic) bond motifs is 1. The lowest BCUT2D eigenvalue weighted by molar-refractivity contribution is 0.295. The van der Waals surface area contributed by atoms with E-state index in [1.165, 1.54) is 41.9 Å². The standard InChI is InChI=1S/C13H20N2O/c1-15-7-11-10(5-6-14)13(9-3-2-4-9)16-12(11)8-15/h9H,2-8,14H2,1H3. The molecule has 88 valence electrons. The van der Waals surface area contributed by atoms with Gasteiger partial charge in [0.1, 0.15) is 11.5 Å². The van der Waals surface area contributed by atoms with Crippen molar-refractivity contribution in [2.45, 2.75) is 44.7 Å². The van der Waals surface area contributed by atoms with Crippen molar-refractivity contribution in [1.82, 2.24) is 4.90 Å². The lowest BCUT2D eigenvalue weighted by Crippen LogP contribution is -2.15. The van der Waals surface area contributed by atoms with Crippen LogP contribution in [0.5, 0.6) is 0 Å². The highest BCUT2D eigenvalue weighted by Crippen LogP contribution is 2.42. The summed E-state index contributed by atoms with van der Waals surface area (Å²) in [6.45, 7) is 2.75. The van der Waals surface area contributed by atoms with Gasteiger partial charge in [-0.2, -0.15) is 0 Å². The number of hydrogen-bond acceptors (Lipinski definition) is 3. The molecule has 2 aliphatic rings. The second-order valence-electron chi connectivity index (χ2n) is 5.19. The molecule has 1 saturated carbocycles. The first-order chi connectivity index (χ1) is 7.79.